The van der Waals surface area contributed by atoms with E-state index < -0.39 is 0 Å². The van der Waals surface area contributed by atoms with Crippen molar-refractivity contribution in [2.24, 2.45) is 12.8 Å². The molecule has 0 aromatic carbocycles. The van der Waals surface area contributed by atoms with Crippen molar-refractivity contribution >= 4 is 15.9 Å². The van der Waals surface area contributed by atoms with E-state index in [4.69, 9.17) is 5.73 Å². The van der Waals surface area contributed by atoms with Crippen LogP contribution in [0, 0.1) is 0 Å². The summed E-state index contributed by atoms with van der Waals surface area (Å²) in [6.45, 7) is 4.14. The van der Waals surface area contributed by atoms with E-state index >= 15 is 0 Å². The topological polar surface area (TPSA) is 56.7 Å². The molecular formula is C8H15BrN4. The quantitative estimate of drug-likeness (QED) is 0.878. The third kappa shape index (κ3) is 2.51. The molecule has 0 saturated carbocycles. The van der Waals surface area contributed by atoms with Crippen LogP contribution in [0.15, 0.2) is 4.60 Å². The van der Waals surface area contributed by atoms with Gasteiger partial charge in [0.05, 0.1) is 5.69 Å². The van der Waals surface area contributed by atoms with E-state index in [1.54, 1.807) is 4.68 Å². The molecule has 1 aromatic rings. The zero-order chi connectivity index (χ0) is 10.0. The summed E-state index contributed by atoms with van der Waals surface area (Å²) in [7, 11) is 1.89. The Labute approximate surface area is 86.6 Å². The van der Waals surface area contributed by atoms with Gasteiger partial charge in [0.1, 0.15) is 0 Å². The van der Waals surface area contributed by atoms with E-state index in [0.717, 1.165) is 16.7 Å². The van der Waals surface area contributed by atoms with E-state index in [9.17, 15) is 0 Å². The Bertz CT molecular complexity index is 262. The fraction of sp³-hybridized carbons (Fsp3) is 0.750. The average Bonchev–Trinajstić information content (AvgIpc) is 2.29. The molecule has 2 atom stereocenters. The van der Waals surface area contributed by atoms with Crippen molar-refractivity contribution in [1.82, 2.24) is 15.0 Å². The first-order chi connectivity index (χ1) is 6.02. The van der Waals surface area contributed by atoms with E-state index in [1.165, 1.54) is 0 Å². The van der Waals surface area contributed by atoms with Crippen LogP contribution in [0.1, 0.15) is 31.9 Å². The molecule has 74 valence electrons. The predicted molar refractivity (Wildman–Crippen MR) is 55.4 cm³/mol. The van der Waals surface area contributed by atoms with Crippen molar-refractivity contribution in [3.05, 3.63) is 10.3 Å². The van der Waals surface area contributed by atoms with Gasteiger partial charge in [-0.05, 0) is 29.3 Å². The number of halogens is 1. The Kier molecular flexibility index (Phi) is 3.44. The highest BCUT2D eigenvalue weighted by Crippen LogP contribution is 2.25. The highest BCUT2D eigenvalue weighted by atomic mass is 79.9. The molecule has 0 aliphatic rings. The van der Waals surface area contributed by atoms with Crippen molar-refractivity contribution in [3.63, 3.8) is 0 Å². The van der Waals surface area contributed by atoms with Gasteiger partial charge >= 0.3 is 0 Å². The van der Waals surface area contributed by atoms with Crippen LogP contribution in [-0.2, 0) is 7.05 Å². The standard InChI is InChI=1S/C8H15BrN4/c1-5(4-6(2)10)7-8(9)11-12-13(7)3/h5-6H,4,10H2,1-3H3. The molecule has 0 aliphatic carbocycles. The summed E-state index contributed by atoms with van der Waals surface area (Å²) in [5, 5.41) is 7.86. The Morgan fingerprint density at radius 3 is 2.54 bits per heavy atom. The number of aryl methyl sites for hydroxylation is 1. The third-order valence-corrected chi connectivity index (χ3v) is 2.58. The summed E-state index contributed by atoms with van der Waals surface area (Å²) in [6, 6.07) is 0.205. The van der Waals surface area contributed by atoms with Crippen LogP contribution in [0.25, 0.3) is 0 Å². The Balaban J connectivity index is 2.81. The monoisotopic (exact) mass is 246 g/mol. The highest BCUT2D eigenvalue weighted by molar-refractivity contribution is 9.10. The van der Waals surface area contributed by atoms with Crippen LogP contribution < -0.4 is 5.73 Å². The molecule has 0 amide bonds. The molecule has 0 bridgehead atoms. The van der Waals surface area contributed by atoms with Crippen molar-refractivity contribution in [1.29, 1.82) is 0 Å². The average molecular weight is 247 g/mol. The summed E-state index contributed by atoms with van der Waals surface area (Å²) in [5.74, 6) is 0.384. The highest BCUT2D eigenvalue weighted by Gasteiger charge is 2.16. The van der Waals surface area contributed by atoms with Gasteiger partial charge in [0.25, 0.3) is 0 Å². The maximum atomic E-state index is 5.73. The van der Waals surface area contributed by atoms with Gasteiger partial charge in [-0.15, -0.1) is 5.10 Å². The number of nitrogens with zero attached hydrogens (tertiary/aromatic N) is 3. The Hall–Kier alpha value is -0.420. The lowest BCUT2D eigenvalue weighted by atomic mass is 10.0. The maximum absolute atomic E-state index is 5.73. The summed E-state index contributed by atoms with van der Waals surface area (Å²) >= 11 is 3.37. The number of rotatable bonds is 3. The van der Waals surface area contributed by atoms with E-state index in [2.05, 4.69) is 33.2 Å². The van der Waals surface area contributed by atoms with Gasteiger partial charge in [-0.1, -0.05) is 12.1 Å². The van der Waals surface area contributed by atoms with Crippen molar-refractivity contribution in [2.75, 3.05) is 0 Å². The van der Waals surface area contributed by atoms with Gasteiger partial charge in [0, 0.05) is 19.0 Å². The second-order valence-electron chi connectivity index (χ2n) is 3.50. The summed E-state index contributed by atoms with van der Waals surface area (Å²) in [4.78, 5) is 0. The molecule has 1 rings (SSSR count). The molecule has 4 nitrogen and oxygen atoms in total. The van der Waals surface area contributed by atoms with Gasteiger partial charge in [-0.2, -0.15) is 0 Å². The molecular weight excluding hydrogens is 232 g/mol. The first-order valence-corrected chi connectivity index (χ1v) is 5.12. The molecule has 0 fully saturated rings. The summed E-state index contributed by atoms with van der Waals surface area (Å²) in [6.07, 6.45) is 0.944. The number of hydrogen-bond acceptors (Lipinski definition) is 3. The van der Waals surface area contributed by atoms with Crippen molar-refractivity contribution < 1.29 is 0 Å². The molecule has 1 aromatic heterocycles. The third-order valence-electron chi connectivity index (χ3n) is 2.02. The van der Waals surface area contributed by atoms with Crippen LogP contribution in [-0.4, -0.2) is 21.0 Å². The Morgan fingerprint density at radius 2 is 2.15 bits per heavy atom. The van der Waals surface area contributed by atoms with Crippen molar-refractivity contribution in [2.45, 2.75) is 32.2 Å². The van der Waals surface area contributed by atoms with Crippen LogP contribution in [0.3, 0.4) is 0 Å². The minimum atomic E-state index is 0.205. The van der Waals surface area contributed by atoms with Crippen LogP contribution in [0.5, 0.6) is 0 Å². The van der Waals surface area contributed by atoms with Gasteiger partial charge in [0.15, 0.2) is 4.60 Å². The minimum absolute atomic E-state index is 0.205. The van der Waals surface area contributed by atoms with E-state index in [-0.39, 0.29) is 6.04 Å². The molecule has 2 unspecified atom stereocenters. The van der Waals surface area contributed by atoms with Gasteiger partial charge in [-0.3, -0.25) is 4.68 Å². The lowest BCUT2D eigenvalue weighted by molar-refractivity contribution is 0.544. The predicted octanol–water partition coefficient (Wildman–Crippen LogP) is 1.42. The second kappa shape index (κ2) is 4.19. The lowest BCUT2D eigenvalue weighted by Crippen LogP contribution is -2.18. The SMILES string of the molecule is CC(N)CC(C)c1c(Br)nnn1C. The number of hydrogen-bond donors (Lipinski definition) is 1. The zero-order valence-corrected chi connectivity index (χ0v) is 9.74. The molecule has 0 spiro atoms. The summed E-state index contributed by atoms with van der Waals surface area (Å²) in [5.41, 5.74) is 6.84. The van der Waals surface area contributed by atoms with Crippen molar-refractivity contribution in [3.8, 4) is 0 Å². The van der Waals surface area contributed by atoms with Gasteiger partial charge in [0.2, 0.25) is 0 Å². The molecule has 5 heteroatoms. The molecule has 0 aliphatic heterocycles. The zero-order valence-electron chi connectivity index (χ0n) is 8.16. The largest absolute Gasteiger partial charge is 0.328 e. The first kappa shape index (κ1) is 10.7. The second-order valence-corrected chi connectivity index (χ2v) is 4.25. The van der Waals surface area contributed by atoms with E-state index in [0.29, 0.717) is 5.92 Å². The van der Waals surface area contributed by atoms with Gasteiger partial charge < -0.3 is 5.73 Å². The van der Waals surface area contributed by atoms with Crippen LogP contribution in [0.4, 0.5) is 0 Å². The normalized spacial score (nSPS) is 15.8. The molecule has 0 saturated heterocycles. The number of nitrogens with two attached hydrogens (primary N) is 1. The smallest absolute Gasteiger partial charge is 0.151 e. The lowest BCUT2D eigenvalue weighted by Gasteiger charge is -2.13. The molecule has 2 N–H and O–H groups in total. The minimum Gasteiger partial charge on any atom is -0.328 e. The maximum Gasteiger partial charge on any atom is 0.151 e. The Morgan fingerprint density at radius 1 is 1.54 bits per heavy atom. The van der Waals surface area contributed by atoms with Crippen LogP contribution >= 0.6 is 15.9 Å². The fourth-order valence-corrected chi connectivity index (χ4v) is 2.25. The molecule has 13 heavy (non-hydrogen) atoms. The molecule has 1 heterocycles. The van der Waals surface area contributed by atoms with E-state index in [1.807, 2.05) is 14.0 Å². The number of aromatic nitrogens is 3. The first-order valence-electron chi connectivity index (χ1n) is 4.33. The summed E-state index contributed by atoms with van der Waals surface area (Å²) < 4.78 is 2.61. The molecule has 0 radical (unpaired) electrons. The fourth-order valence-electron chi connectivity index (χ4n) is 1.53. The van der Waals surface area contributed by atoms with Crippen LogP contribution in [0.2, 0.25) is 0 Å². The van der Waals surface area contributed by atoms with Gasteiger partial charge in [-0.25, -0.2) is 0 Å².